The fraction of sp³-hybridized carbons (Fsp3) is 0.842. The van der Waals surface area contributed by atoms with E-state index in [2.05, 4.69) is 25.0 Å². The van der Waals surface area contributed by atoms with Gasteiger partial charge in [-0.15, -0.1) is 0 Å². The number of phosphoric ester groups is 1. The standard InChI is InChI=1S/C19H38N3O10P/c1-15(23)22-16(14-21-18(25)19(2,3)4)17(24)20-6-7-29-8-9-30-10-11-31-12-13-32-33(26,27)28-5/h16H,6-14H2,1-5H3,(H,20,24)(H,21,25)(H,22,23)(H,26,27)/t16-/m0/s1. The lowest BCUT2D eigenvalue weighted by atomic mass is 9.95. The van der Waals surface area contributed by atoms with E-state index in [1.54, 1.807) is 20.8 Å². The summed E-state index contributed by atoms with van der Waals surface area (Å²) in [4.78, 5) is 44.6. The van der Waals surface area contributed by atoms with E-state index in [9.17, 15) is 18.9 Å². The van der Waals surface area contributed by atoms with Crippen LogP contribution >= 0.6 is 7.82 Å². The van der Waals surface area contributed by atoms with Crippen molar-refractivity contribution in [3.63, 3.8) is 0 Å². The summed E-state index contributed by atoms with van der Waals surface area (Å²) >= 11 is 0. The fourth-order valence-corrected chi connectivity index (χ4v) is 2.50. The summed E-state index contributed by atoms with van der Waals surface area (Å²) < 4.78 is 35.7. The van der Waals surface area contributed by atoms with Crippen molar-refractivity contribution in [3.05, 3.63) is 0 Å². The van der Waals surface area contributed by atoms with Crippen LogP contribution in [-0.4, -0.2) is 95.1 Å². The van der Waals surface area contributed by atoms with Crippen LogP contribution < -0.4 is 16.0 Å². The lowest BCUT2D eigenvalue weighted by Gasteiger charge is -2.22. The zero-order chi connectivity index (χ0) is 25.3. The van der Waals surface area contributed by atoms with Gasteiger partial charge in [0.05, 0.1) is 46.2 Å². The second kappa shape index (κ2) is 16.9. The molecule has 0 rings (SSSR count). The molecule has 0 aromatic rings. The zero-order valence-corrected chi connectivity index (χ0v) is 20.9. The van der Waals surface area contributed by atoms with Gasteiger partial charge in [0.1, 0.15) is 6.04 Å². The van der Waals surface area contributed by atoms with E-state index in [1.165, 1.54) is 6.92 Å². The van der Waals surface area contributed by atoms with E-state index in [-0.39, 0.29) is 51.3 Å². The lowest BCUT2D eigenvalue weighted by Crippen LogP contribution is -2.53. The van der Waals surface area contributed by atoms with Crippen LogP contribution in [0, 0.1) is 5.41 Å². The number of hydrogen-bond donors (Lipinski definition) is 4. The summed E-state index contributed by atoms with van der Waals surface area (Å²) in [5, 5.41) is 7.81. The van der Waals surface area contributed by atoms with Crippen molar-refractivity contribution in [1.82, 2.24) is 16.0 Å². The van der Waals surface area contributed by atoms with Crippen molar-refractivity contribution in [2.75, 3.05) is 66.4 Å². The summed E-state index contributed by atoms with van der Waals surface area (Å²) in [5.41, 5.74) is -0.608. The van der Waals surface area contributed by atoms with Crippen LogP contribution in [0.4, 0.5) is 0 Å². The van der Waals surface area contributed by atoms with Gasteiger partial charge >= 0.3 is 7.82 Å². The molecule has 0 bridgehead atoms. The molecule has 0 aliphatic carbocycles. The molecule has 0 heterocycles. The summed E-state index contributed by atoms with van der Waals surface area (Å²) in [6, 6.07) is -0.888. The topological polar surface area (TPSA) is 171 Å². The molecule has 33 heavy (non-hydrogen) atoms. The lowest BCUT2D eigenvalue weighted by molar-refractivity contribution is -0.131. The minimum Gasteiger partial charge on any atom is -0.377 e. The smallest absolute Gasteiger partial charge is 0.377 e. The number of hydrogen-bond acceptors (Lipinski definition) is 9. The van der Waals surface area contributed by atoms with Crippen molar-refractivity contribution in [1.29, 1.82) is 0 Å². The Morgan fingerprint density at radius 2 is 1.42 bits per heavy atom. The average Bonchev–Trinajstić information content (AvgIpc) is 2.72. The van der Waals surface area contributed by atoms with E-state index in [4.69, 9.17) is 19.1 Å². The highest BCUT2D eigenvalue weighted by atomic mass is 31.2. The minimum absolute atomic E-state index is 0.0178. The van der Waals surface area contributed by atoms with Crippen molar-refractivity contribution in [2.45, 2.75) is 33.7 Å². The van der Waals surface area contributed by atoms with Crippen LogP contribution in [0.3, 0.4) is 0 Å². The maximum Gasteiger partial charge on any atom is 0.471 e. The molecule has 2 atom stereocenters. The van der Waals surface area contributed by atoms with E-state index in [0.29, 0.717) is 19.8 Å². The molecule has 1 unspecified atom stereocenters. The summed E-state index contributed by atoms with van der Waals surface area (Å²) in [6.07, 6.45) is 0. The van der Waals surface area contributed by atoms with Crippen molar-refractivity contribution >= 4 is 25.5 Å². The van der Waals surface area contributed by atoms with Crippen LogP contribution in [0.25, 0.3) is 0 Å². The van der Waals surface area contributed by atoms with Gasteiger partial charge in [-0.25, -0.2) is 4.57 Å². The molecular formula is C19H38N3O10P. The minimum atomic E-state index is -3.97. The van der Waals surface area contributed by atoms with Gasteiger partial charge in [-0.3, -0.25) is 23.4 Å². The summed E-state index contributed by atoms with van der Waals surface area (Å²) in [6.45, 7) is 8.23. The number of carbonyl (C=O) groups excluding carboxylic acids is 3. The number of carbonyl (C=O) groups is 3. The number of phosphoric acid groups is 1. The number of nitrogens with one attached hydrogen (secondary N) is 3. The van der Waals surface area contributed by atoms with Crippen LogP contribution in [0.2, 0.25) is 0 Å². The Labute approximate surface area is 194 Å². The molecule has 0 aromatic heterocycles. The SMILES string of the molecule is COP(=O)(O)OCCOCCOCCOCCNC(=O)[C@H](CNC(=O)C(C)(C)C)NC(C)=O. The molecule has 0 spiro atoms. The van der Waals surface area contributed by atoms with Crippen molar-refractivity contribution in [2.24, 2.45) is 5.41 Å². The molecular weight excluding hydrogens is 461 g/mol. The maximum atomic E-state index is 12.3. The molecule has 0 saturated heterocycles. The van der Waals surface area contributed by atoms with Crippen LogP contribution in [0.1, 0.15) is 27.7 Å². The molecule has 0 aliphatic heterocycles. The first-order valence-electron chi connectivity index (χ1n) is 10.5. The summed E-state index contributed by atoms with van der Waals surface area (Å²) in [5.74, 6) is -1.04. The average molecular weight is 499 g/mol. The first-order chi connectivity index (χ1) is 15.4. The third-order valence-electron chi connectivity index (χ3n) is 3.84. The van der Waals surface area contributed by atoms with Crippen LogP contribution in [0.5, 0.6) is 0 Å². The fourth-order valence-electron chi connectivity index (χ4n) is 2.09. The van der Waals surface area contributed by atoms with Crippen LogP contribution in [0.15, 0.2) is 0 Å². The predicted octanol–water partition coefficient (Wildman–Crippen LogP) is -0.417. The Morgan fingerprint density at radius 1 is 0.909 bits per heavy atom. The number of amides is 3. The van der Waals surface area contributed by atoms with Crippen molar-refractivity contribution < 1.29 is 47.1 Å². The van der Waals surface area contributed by atoms with E-state index in [0.717, 1.165) is 7.11 Å². The molecule has 194 valence electrons. The van der Waals surface area contributed by atoms with Gasteiger partial charge in [0.15, 0.2) is 0 Å². The molecule has 0 aromatic carbocycles. The zero-order valence-electron chi connectivity index (χ0n) is 20.0. The highest BCUT2D eigenvalue weighted by molar-refractivity contribution is 7.47. The monoisotopic (exact) mass is 499 g/mol. The Bertz CT molecular complexity index is 642. The van der Waals surface area contributed by atoms with E-state index >= 15 is 0 Å². The molecule has 14 heteroatoms. The van der Waals surface area contributed by atoms with Gasteiger partial charge in [-0.05, 0) is 0 Å². The van der Waals surface area contributed by atoms with Gasteiger partial charge in [0.25, 0.3) is 0 Å². The molecule has 0 fully saturated rings. The van der Waals surface area contributed by atoms with E-state index < -0.39 is 25.2 Å². The molecule has 3 amide bonds. The largest absolute Gasteiger partial charge is 0.471 e. The van der Waals surface area contributed by atoms with Gasteiger partial charge in [0.2, 0.25) is 17.7 Å². The second-order valence-electron chi connectivity index (χ2n) is 7.83. The Balaban J connectivity index is 3.83. The molecule has 0 radical (unpaired) electrons. The van der Waals surface area contributed by atoms with Gasteiger partial charge in [-0.1, -0.05) is 20.8 Å². The molecule has 13 nitrogen and oxygen atoms in total. The van der Waals surface area contributed by atoms with E-state index in [1.807, 2.05) is 0 Å². The second-order valence-corrected chi connectivity index (χ2v) is 9.39. The van der Waals surface area contributed by atoms with Gasteiger partial charge in [-0.2, -0.15) is 0 Å². The molecule has 0 saturated carbocycles. The first kappa shape index (κ1) is 31.4. The number of ether oxygens (including phenoxy) is 3. The maximum absolute atomic E-state index is 12.3. The highest BCUT2D eigenvalue weighted by Gasteiger charge is 2.25. The number of rotatable bonds is 18. The van der Waals surface area contributed by atoms with Crippen LogP contribution in [-0.2, 0) is 42.2 Å². The quantitative estimate of drug-likeness (QED) is 0.143. The highest BCUT2D eigenvalue weighted by Crippen LogP contribution is 2.41. The summed E-state index contributed by atoms with van der Waals surface area (Å²) in [7, 11) is -2.90. The third-order valence-corrected chi connectivity index (χ3v) is 4.81. The van der Waals surface area contributed by atoms with Crippen molar-refractivity contribution in [3.8, 4) is 0 Å². The normalized spacial score (nSPS) is 14.2. The predicted molar refractivity (Wildman–Crippen MR) is 118 cm³/mol. The third kappa shape index (κ3) is 17.5. The van der Waals surface area contributed by atoms with Gasteiger partial charge in [0, 0.05) is 32.5 Å². The molecule has 0 aliphatic rings. The Hall–Kier alpha value is -1.60. The Kier molecular flexibility index (Phi) is 16.1. The Morgan fingerprint density at radius 3 is 1.91 bits per heavy atom. The molecule has 4 N–H and O–H groups in total. The van der Waals surface area contributed by atoms with Gasteiger partial charge < -0.3 is 35.1 Å². The first-order valence-corrected chi connectivity index (χ1v) is 12.0.